The first-order valence-electron chi connectivity index (χ1n) is 9.39. The van der Waals surface area contributed by atoms with Gasteiger partial charge < -0.3 is 4.90 Å². The van der Waals surface area contributed by atoms with Gasteiger partial charge in [-0.25, -0.2) is 0 Å². The minimum absolute atomic E-state index is 0.294. The average Bonchev–Trinajstić information content (AvgIpc) is 2.93. The van der Waals surface area contributed by atoms with Crippen LogP contribution in [0.15, 0.2) is 11.6 Å². The molecule has 124 valence electrons. The van der Waals surface area contributed by atoms with Crippen molar-refractivity contribution in [3.8, 4) is 6.07 Å². The van der Waals surface area contributed by atoms with Crippen LogP contribution in [0.1, 0.15) is 58.3 Å². The highest BCUT2D eigenvalue weighted by Crippen LogP contribution is 2.62. The van der Waals surface area contributed by atoms with Gasteiger partial charge in [-0.3, -0.25) is 4.79 Å². The lowest BCUT2D eigenvalue weighted by Crippen LogP contribution is -2.56. The minimum Gasteiger partial charge on any atom is -0.342 e. The molecule has 0 unspecified atom stereocenters. The lowest BCUT2D eigenvalue weighted by molar-refractivity contribution is -0.141. The highest BCUT2D eigenvalue weighted by Gasteiger charge is 2.55. The second-order valence-electron chi connectivity index (χ2n) is 8.71. The molecule has 3 nitrogen and oxygen atoms in total. The minimum atomic E-state index is 0.294. The standard InChI is InChI=1S/C20H28N2O/c1-20-9-3-4-16(20)19-13(8-11-21)12-17-14(15(19)7-10-20)5-6-18(23)22(17)2/h8,14-17,19H,3-7,9-10,12H2,1-2H3/b13-8-/t14-,15-,16+,17-,19-,20+/m1/s1. The van der Waals surface area contributed by atoms with Crippen molar-refractivity contribution in [3.63, 3.8) is 0 Å². The van der Waals surface area contributed by atoms with E-state index in [1.54, 1.807) is 0 Å². The fourth-order valence-corrected chi connectivity index (χ4v) is 6.71. The summed E-state index contributed by atoms with van der Waals surface area (Å²) in [7, 11) is 1.98. The summed E-state index contributed by atoms with van der Waals surface area (Å²) in [5, 5.41) is 9.32. The van der Waals surface area contributed by atoms with E-state index in [-0.39, 0.29) is 0 Å². The number of hydrogen-bond acceptors (Lipinski definition) is 2. The van der Waals surface area contributed by atoms with Crippen LogP contribution < -0.4 is 0 Å². The molecule has 23 heavy (non-hydrogen) atoms. The van der Waals surface area contributed by atoms with Gasteiger partial charge in [0, 0.05) is 25.6 Å². The van der Waals surface area contributed by atoms with Crippen molar-refractivity contribution >= 4 is 5.91 Å². The predicted molar refractivity (Wildman–Crippen MR) is 89.3 cm³/mol. The van der Waals surface area contributed by atoms with Gasteiger partial charge in [0.25, 0.3) is 0 Å². The molecule has 3 saturated carbocycles. The van der Waals surface area contributed by atoms with Crippen molar-refractivity contribution in [1.82, 2.24) is 4.90 Å². The summed E-state index contributed by atoms with van der Waals surface area (Å²) >= 11 is 0. The second-order valence-corrected chi connectivity index (χ2v) is 8.71. The van der Waals surface area contributed by atoms with Gasteiger partial charge in [-0.2, -0.15) is 5.26 Å². The van der Waals surface area contributed by atoms with Crippen LogP contribution in [0.25, 0.3) is 0 Å². The van der Waals surface area contributed by atoms with Crippen molar-refractivity contribution in [3.05, 3.63) is 11.6 Å². The Labute approximate surface area is 139 Å². The van der Waals surface area contributed by atoms with Crippen molar-refractivity contribution in [2.24, 2.45) is 29.1 Å². The largest absolute Gasteiger partial charge is 0.342 e. The summed E-state index contributed by atoms with van der Waals surface area (Å²) < 4.78 is 0. The lowest BCUT2D eigenvalue weighted by Gasteiger charge is -2.57. The number of carbonyl (C=O) groups excluding carboxylic acids is 1. The summed E-state index contributed by atoms with van der Waals surface area (Å²) in [6.45, 7) is 2.49. The molecule has 0 aromatic carbocycles. The number of nitriles is 1. The first-order valence-corrected chi connectivity index (χ1v) is 9.39. The predicted octanol–water partition coefficient (Wildman–Crippen LogP) is 3.91. The zero-order valence-electron chi connectivity index (χ0n) is 14.4. The Kier molecular flexibility index (Phi) is 3.55. The summed E-state index contributed by atoms with van der Waals surface area (Å²) in [5.41, 5.74) is 1.86. The van der Waals surface area contributed by atoms with Crippen molar-refractivity contribution < 1.29 is 4.79 Å². The van der Waals surface area contributed by atoms with Crippen LogP contribution in [0.5, 0.6) is 0 Å². The molecule has 4 aliphatic rings. The highest BCUT2D eigenvalue weighted by atomic mass is 16.2. The average molecular weight is 312 g/mol. The first kappa shape index (κ1) is 15.2. The van der Waals surface area contributed by atoms with E-state index in [2.05, 4.69) is 13.0 Å². The number of carbonyl (C=O) groups is 1. The molecule has 1 saturated heterocycles. The summed E-state index contributed by atoms with van der Waals surface area (Å²) in [4.78, 5) is 14.1. The second kappa shape index (κ2) is 5.36. The van der Waals surface area contributed by atoms with Crippen LogP contribution in [0.4, 0.5) is 0 Å². The molecule has 0 aromatic rings. The van der Waals surface area contributed by atoms with Gasteiger partial charge >= 0.3 is 0 Å². The maximum absolute atomic E-state index is 12.1. The molecule has 0 radical (unpaired) electrons. The van der Waals surface area contributed by atoms with Gasteiger partial charge in [-0.1, -0.05) is 18.9 Å². The molecule has 0 spiro atoms. The molecule has 3 aliphatic carbocycles. The number of hydrogen-bond donors (Lipinski definition) is 0. The van der Waals surface area contributed by atoms with Gasteiger partial charge in [0.1, 0.15) is 0 Å². The van der Waals surface area contributed by atoms with E-state index in [1.807, 2.05) is 18.0 Å². The smallest absolute Gasteiger partial charge is 0.222 e. The Morgan fingerprint density at radius 1 is 1.26 bits per heavy atom. The molecule has 0 N–H and O–H groups in total. The Balaban J connectivity index is 1.72. The maximum atomic E-state index is 12.1. The van der Waals surface area contributed by atoms with Crippen LogP contribution in [-0.4, -0.2) is 23.9 Å². The molecule has 1 aliphatic heterocycles. The maximum Gasteiger partial charge on any atom is 0.222 e. The van der Waals surface area contributed by atoms with Gasteiger partial charge in [0.2, 0.25) is 5.91 Å². The van der Waals surface area contributed by atoms with E-state index < -0.39 is 0 Å². The van der Waals surface area contributed by atoms with Crippen LogP contribution in [0.3, 0.4) is 0 Å². The fraction of sp³-hybridized carbons (Fsp3) is 0.800. The number of fused-ring (bicyclic) bond motifs is 5. The number of piperidine rings is 1. The zero-order valence-corrected chi connectivity index (χ0v) is 14.4. The fourth-order valence-electron chi connectivity index (χ4n) is 6.71. The molecule has 1 heterocycles. The molecule has 6 atom stereocenters. The summed E-state index contributed by atoms with van der Waals surface area (Å²) in [5.74, 6) is 3.02. The van der Waals surface area contributed by atoms with E-state index in [0.717, 1.165) is 25.2 Å². The van der Waals surface area contributed by atoms with E-state index in [4.69, 9.17) is 0 Å². The number of nitrogens with zero attached hydrogens (tertiary/aromatic N) is 2. The van der Waals surface area contributed by atoms with Crippen LogP contribution >= 0.6 is 0 Å². The summed E-state index contributed by atoms with van der Waals surface area (Å²) in [6.07, 6.45) is 11.3. The van der Waals surface area contributed by atoms with Crippen LogP contribution in [-0.2, 0) is 4.79 Å². The normalized spacial score (nSPS) is 47.7. The molecule has 0 bridgehead atoms. The molecule has 3 heteroatoms. The third-order valence-corrected chi connectivity index (χ3v) is 7.85. The quantitative estimate of drug-likeness (QED) is 0.637. The van der Waals surface area contributed by atoms with Gasteiger partial charge in [0.05, 0.1) is 6.07 Å². The Morgan fingerprint density at radius 2 is 2.09 bits per heavy atom. The number of amides is 1. The molecule has 4 fully saturated rings. The monoisotopic (exact) mass is 312 g/mol. The Bertz CT molecular complexity index is 589. The third-order valence-electron chi connectivity index (χ3n) is 7.85. The van der Waals surface area contributed by atoms with Gasteiger partial charge in [-0.05, 0) is 67.6 Å². The van der Waals surface area contributed by atoms with Crippen molar-refractivity contribution in [2.75, 3.05) is 7.05 Å². The van der Waals surface area contributed by atoms with Gasteiger partial charge in [-0.15, -0.1) is 0 Å². The molecule has 0 aromatic heterocycles. The third kappa shape index (κ3) is 2.17. The molecular formula is C20H28N2O. The zero-order chi connectivity index (χ0) is 16.2. The van der Waals surface area contributed by atoms with Crippen molar-refractivity contribution in [2.45, 2.75) is 64.3 Å². The summed E-state index contributed by atoms with van der Waals surface area (Å²) in [6, 6.07) is 2.65. The SMILES string of the molecule is CN1C(=O)CC[C@@H]2[C@H]3CC[C@]4(C)CCC[C@H]4[C@@H]3/C(=C\C#N)C[C@H]21. The Morgan fingerprint density at radius 3 is 2.87 bits per heavy atom. The molecule has 4 rings (SSSR count). The van der Waals surface area contributed by atoms with Crippen molar-refractivity contribution in [1.29, 1.82) is 5.26 Å². The van der Waals surface area contributed by atoms with E-state index in [1.165, 1.54) is 37.7 Å². The number of rotatable bonds is 0. The van der Waals surface area contributed by atoms with E-state index >= 15 is 0 Å². The number of allylic oxidation sites excluding steroid dienone is 1. The molecule has 1 amide bonds. The van der Waals surface area contributed by atoms with E-state index in [9.17, 15) is 10.1 Å². The van der Waals surface area contributed by atoms with Gasteiger partial charge in [0.15, 0.2) is 0 Å². The van der Waals surface area contributed by atoms with Crippen LogP contribution in [0.2, 0.25) is 0 Å². The van der Waals surface area contributed by atoms with E-state index in [0.29, 0.717) is 35.1 Å². The number of likely N-dealkylation sites (tertiary alicyclic amines) is 1. The molecular weight excluding hydrogens is 284 g/mol. The van der Waals surface area contributed by atoms with Crippen LogP contribution in [0, 0.1) is 40.4 Å². The highest BCUT2D eigenvalue weighted by molar-refractivity contribution is 5.77. The Hall–Kier alpha value is -1.30. The lowest BCUT2D eigenvalue weighted by atomic mass is 9.51. The first-order chi connectivity index (χ1) is 11.0. The topological polar surface area (TPSA) is 44.1 Å².